The summed E-state index contributed by atoms with van der Waals surface area (Å²) in [5.74, 6) is 0. The molecule has 0 atom stereocenters. The lowest BCUT2D eigenvalue weighted by molar-refractivity contribution is 1.43. The molecule has 2 aromatic carbocycles. The molecule has 0 aliphatic rings. The minimum absolute atomic E-state index is 1.12. The highest BCUT2D eigenvalue weighted by molar-refractivity contribution is 5.36. The summed E-state index contributed by atoms with van der Waals surface area (Å²) in [7, 11) is 0. The van der Waals surface area contributed by atoms with Gasteiger partial charge in [-0.3, -0.25) is 0 Å². The van der Waals surface area contributed by atoms with E-state index < -0.39 is 0 Å². The van der Waals surface area contributed by atoms with Gasteiger partial charge in [0.15, 0.2) is 0 Å². The molecule has 0 spiro atoms. The van der Waals surface area contributed by atoms with Crippen molar-refractivity contribution in [3.05, 3.63) is 78.2 Å². The first-order valence-corrected chi connectivity index (χ1v) is 4.32. The van der Waals surface area contributed by atoms with E-state index in [9.17, 15) is 0 Å². The minimum Gasteiger partial charge on any atom is -0.0622 e. The molecule has 0 heterocycles. The fourth-order valence-electron chi connectivity index (χ4n) is 1.21. The first kappa shape index (κ1) is 8.06. The van der Waals surface area contributed by atoms with E-state index in [4.69, 9.17) is 0 Å². The van der Waals surface area contributed by atoms with E-state index in [1.54, 1.807) is 0 Å². The summed E-state index contributed by atoms with van der Waals surface area (Å²) in [6.07, 6.45) is 3.30. The van der Waals surface area contributed by atoms with Crippen LogP contribution in [0.1, 0.15) is 11.1 Å². The van der Waals surface area contributed by atoms with Crippen LogP contribution in [0.4, 0.5) is 0 Å². The van der Waals surface area contributed by atoms with Crippen LogP contribution in [0.2, 0.25) is 0 Å². The highest BCUT2D eigenvalue weighted by Gasteiger charge is 1.94. The molecule has 0 bridgehead atoms. The highest BCUT2D eigenvalue weighted by Crippen LogP contribution is 2.10. The Kier molecular flexibility index (Phi) is 2.42. The maximum Gasteiger partial charge on any atom is 0.0501 e. The first-order valence-electron chi connectivity index (χ1n) is 4.32. The Morgan fingerprint density at radius 2 is 0.923 bits per heavy atom. The van der Waals surface area contributed by atoms with Crippen LogP contribution in [0.25, 0.3) is 0 Å². The third kappa shape index (κ3) is 2.19. The van der Waals surface area contributed by atoms with Gasteiger partial charge >= 0.3 is 0 Å². The van der Waals surface area contributed by atoms with Crippen LogP contribution in [-0.4, -0.2) is 0 Å². The average Bonchev–Trinajstić information content (AvgIpc) is 2.21. The Labute approximate surface area is 78.9 Å². The van der Waals surface area contributed by atoms with E-state index in [0.29, 0.717) is 0 Å². The molecule has 13 heavy (non-hydrogen) atoms. The standard InChI is InChI=1S/C13H10/c1-3-7-12(8-4-1)11-13-9-5-2-6-10-13/h1-10H. The van der Waals surface area contributed by atoms with Crippen LogP contribution in [0.3, 0.4) is 0 Å². The summed E-state index contributed by atoms with van der Waals surface area (Å²) in [6, 6.07) is 20.3. The van der Waals surface area contributed by atoms with Gasteiger partial charge in [0.2, 0.25) is 0 Å². The maximum atomic E-state index is 3.30. The zero-order valence-corrected chi connectivity index (χ0v) is 7.27. The second kappa shape index (κ2) is 3.90. The number of hydrogen-bond acceptors (Lipinski definition) is 0. The predicted molar refractivity (Wildman–Crippen MR) is 54.3 cm³/mol. The summed E-state index contributed by atoms with van der Waals surface area (Å²) in [4.78, 5) is 0. The number of benzene rings is 2. The molecule has 0 aromatic heterocycles. The minimum atomic E-state index is 1.12. The van der Waals surface area contributed by atoms with E-state index >= 15 is 0 Å². The smallest absolute Gasteiger partial charge is 0.0501 e. The first-order chi connectivity index (χ1) is 6.45. The molecule has 2 rings (SSSR count). The lowest BCUT2D eigenvalue weighted by Crippen LogP contribution is -1.82. The van der Waals surface area contributed by atoms with Gasteiger partial charge in [0, 0.05) is 0 Å². The van der Waals surface area contributed by atoms with E-state index in [1.165, 1.54) is 0 Å². The fraction of sp³-hybridized carbons (Fsp3) is 0. The molecule has 2 radical (unpaired) electrons. The van der Waals surface area contributed by atoms with Crippen LogP contribution in [0.15, 0.2) is 60.7 Å². The molecule has 0 unspecified atom stereocenters. The molecule has 0 saturated carbocycles. The van der Waals surface area contributed by atoms with Crippen LogP contribution in [-0.2, 0) is 0 Å². The van der Waals surface area contributed by atoms with E-state index in [-0.39, 0.29) is 0 Å². The largest absolute Gasteiger partial charge is 0.0622 e. The van der Waals surface area contributed by atoms with Gasteiger partial charge in [-0.05, 0) is 11.1 Å². The van der Waals surface area contributed by atoms with Crippen molar-refractivity contribution in [1.82, 2.24) is 0 Å². The van der Waals surface area contributed by atoms with Crippen molar-refractivity contribution in [3.63, 3.8) is 0 Å². The normalized spacial score (nSPS) is 9.85. The molecule has 62 valence electrons. The zero-order valence-electron chi connectivity index (χ0n) is 7.27. The molecular formula is C13H10. The van der Waals surface area contributed by atoms with Crippen molar-refractivity contribution in [1.29, 1.82) is 0 Å². The van der Waals surface area contributed by atoms with Crippen LogP contribution >= 0.6 is 0 Å². The van der Waals surface area contributed by atoms with E-state index in [0.717, 1.165) is 11.1 Å². The molecule has 0 fully saturated rings. The topological polar surface area (TPSA) is 0 Å². The van der Waals surface area contributed by atoms with Crippen LogP contribution in [0.5, 0.6) is 0 Å². The maximum absolute atomic E-state index is 3.30. The van der Waals surface area contributed by atoms with Crippen LogP contribution < -0.4 is 0 Å². The Morgan fingerprint density at radius 1 is 0.538 bits per heavy atom. The van der Waals surface area contributed by atoms with Gasteiger partial charge in [-0.1, -0.05) is 60.7 Å². The third-order valence-corrected chi connectivity index (χ3v) is 1.84. The Morgan fingerprint density at radius 3 is 1.31 bits per heavy atom. The summed E-state index contributed by atoms with van der Waals surface area (Å²) in [5.41, 5.74) is 2.24. The van der Waals surface area contributed by atoms with Crippen molar-refractivity contribution in [3.8, 4) is 0 Å². The molecule has 0 N–H and O–H groups in total. The highest BCUT2D eigenvalue weighted by atomic mass is 14.0. The molecule has 0 nitrogen and oxygen atoms in total. The molecule has 0 amide bonds. The summed E-state index contributed by atoms with van der Waals surface area (Å²) in [5, 5.41) is 0. The molecule has 0 heteroatoms. The van der Waals surface area contributed by atoms with Gasteiger partial charge in [0.05, 0.1) is 6.42 Å². The zero-order chi connectivity index (χ0) is 8.93. The van der Waals surface area contributed by atoms with Crippen molar-refractivity contribution >= 4 is 0 Å². The van der Waals surface area contributed by atoms with Gasteiger partial charge in [0.25, 0.3) is 0 Å². The van der Waals surface area contributed by atoms with Crippen LogP contribution in [0, 0.1) is 6.42 Å². The molecule has 2 aromatic rings. The van der Waals surface area contributed by atoms with Crippen molar-refractivity contribution < 1.29 is 0 Å². The second-order valence-corrected chi connectivity index (χ2v) is 2.86. The van der Waals surface area contributed by atoms with Crippen molar-refractivity contribution in [2.75, 3.05) is 0 Å². The van der Waals surface area contributed by atoms with Gasteiger partial charge < -0.3 is 0 Å². The molecular weight excluding hydrogens is 156 g/mol. The van der Waals surface area contributed by atoms with Crippen molar-refractivity contribution in [2.45, 2.75) is 0 Å². The summed E-state index contributed by atoms with van der Waals surface area (Å²) in [6.45, 7) is 0. The van der Waals surface area contributed by atoms with E-state index in [2.05, 4.69) is 6.42 Å². The monoisotopic (exact) mass is 166 g/mol. The van der Waals surface area contributed by atoms with Gasteiger partial charge in [-0.15, -0.1) is 0 Å². The SMILES string of the molecule is [C](c1ccccc1)c1ccccc1. The Balaban J connectivity index is 2.16. The Bertz CT molecular complexity index is 311. The average molecular weight is 166 g/mol. The lowest BCUT2D eigenvalue weighted by Gasteiger charge is -1.98. The lowest BCUT2D eigenvalue weighted by atomic mass is 10.1. The quantitative estimate of drug-likeness (QED) is 0.642. The Hall–Kier alpha value is -1.56. The van der Waals surface area contributed by atoms with Gasteiger partial charge in [0.1, 0.15) is 0 Å². The number of hydrogen-bond donors (Lipinski definition) is 0. The molecule has 0 aliphatic carbocycles. The van der Waals surface area contributed by atoms with Gasteiger partial charge in [-0.25, -0.2) is 0 Å². The molecule has 0 saturated heterocycles. The van der Waals surface area contributed by atoms with Gasteiger partial charge in [-0.2, -0.15) is 0 Å². The van der Waals surface area contributed by atoms with Crippen molar-refractivity contribution in [2.24, 2.45) is 0 Å². The third-order valence-electron chi connectivity index (χ3n) is 1.84. The summed E-state index contributed by atoms with van der Waals surface area (Å²) >= 11 is 0. The van der Waals surface area contributed by atoms with E-state index in [1.807, 2.05) is 60.7 Å². The predicted octanol–water partition coefficient (Wildman–Crippen LogP) is 3.16. The summed E-state index contributed by atoms with van der Waals surface area (Å²) < 4.78 is 0. The number of rotatable bonds is 2. The fourth-order valence-corrected chi connectivity index (χ4v) is 1.21. The molecule has 0 aliphatic heterocycles. The second-order valence-electron chi connectivity index (χ2n) is 2.86.